The number of benzene rings is 2. The van der Waals surface area contributed by atoms with Gasteiger partial charge in [-0.05, 0) is 48.1 Å². The van der Waals surface area contributed by atoms with Crippen molar-refractivity contribution in [1.29, 1.82) is 0 Å². The molecule has 2 heteroatoms. The predicted molar refractivity (Wildman–Crippen MR) is 78.8 cm³/mol. The first-order valence-electron chi connectivity index (χ1n) is 7.05. The average molecular weight is 250 g/mol. The van der Waals surface area contributed by atoms with Crippen molar-refractivity contribution in [2.24, 2.45) is 5.73 Å². The van der Waals surface area contributed by atoms with E-state index in [9.17, 15) is 0 Å². The van der Waals surface area contributed by atoms with E-state index < -0.39 is 0 Å². The maximum Gasteiger partial charge on any atom is 0.0449 e. The summed E-state index contributed by atoms with van der Waals surface area (Å²) in [6.07, 6.45) is 2.33. The molecule has 0 fully saturated rings. The number of anilines is 2. The van der Waals surface area contributed by atoms with Crippen LogP contribution < -0.4 is 10.6 Å². The minimum Gasteiger partial charge on any atom is -0.341 e. The SMILES string of the molecule is NC1CC2CCN(c3ccccc3)c3cccc1c32. The second-order valence-corrected chi connectivity index (χ2v) is 5.60. The molecular weight excluding hydrogens is 232 g/mol. The molecule has 2 N–H and O–H groups in total. The summed E-state index contributed by atoms with van der Waals surface area (Å²) in [6.45, 7) is 1.10. The van der Waals surface area contributed by atoms with Gasteiger partial charge in [0.1, 0.15) is 0 Å². The lowest BCUT2D eigenvalue weighted by Crippen LogP contribution is -2.25. The third-order valence-electron chi connectivity index (χ3n) is 4.52. The third kappa shape index (κ3) is 1.60. The molecule has 2 unspecified atom stereocenters. The fourth-order valence-electron chi connectivity index (χ4n) is 3.67. The first kappa shape index (κ1) is 11.1. The highest BCUT2D eigenvalue weighted by Crippen LogP contribution is 2.49. The van der Waals surface area contributed by atoms with Gasteiger partial charge >= 0.3 is 0 Å². The summed E-state index contributed by atoms with van der Waals surface area (Å²) in [4.78, 5) is 2.44. The summed E-state index contributed by atoms with van der Waals surface area (Å²) < 4.78 is 0. The van der Waals surface area contributed by atoms with E-state index in [1.165, 1.54) is 28.9 Å². The van der Waals surface area contributed by atoms with Crippen LogP contribution in [0.1, 0.15) is 35.9 Å². The van der Waals surface area contributed by atoms with Crippen molar-refractivity contribution in [3.63, 3.8) is 0 Å². The first-order valence-corrected chi connectivity index (χ1v) is 7.05. The molecule has 2 atom stereocenters. The highest BCUT2D eigenvalue weighted by Gasteiger charge is 2.35. The van der Waals surface area contributed by atoms with Gasteiger partial charge in [0.25, 0.3) is 0 Å². The minimum atomic E-state index is 0.232. The van der Waals surface area contributed by atoms with Crippen molar-refractivity contribution in [3.05, 3.63) is 59.7 Å². The van der Waals surface area contributed by atoms with E-state index in [1.807, 2.05) is 0 Å². The average Bonchev–Trinajstić information content (AvgIpc) is 2.79. The molecule has 0 amide bonds. The molecule has 1 aliphatic carbocycles. The first-order chi connectivity index (χ1) is 9.34. The molecule has 0 spiro atoms. The Morgan fingerprint density at radius 3 is 2.68 bits per heavy atom. The van der Waals surface area contributed by atoms with E-state index in [2.05, 4.69) is 53.4 Å². The van der Waals surface area contributed by atoms with Crippen LogP contribution in [0.3, 0.4) is 0 Å². The molecule has 4 rings (SSSR count). The number of hydrogen-bond donors (Lipinski definition) is 1. The van der Waals surface area contributed by atoms with Gasteiger partial charge in [-0.2, -0.15) is 0 Å². The summed E-state index contributed by atoms with van der Waals surface area (Å²) in [5.74, 6) is 0.668. The van der Waals surface area contributed by atoms with Gasteiger partial charge in [0.15, 0.2) is 0 Å². The van der Waals surface area contributed by atoms with Gasteiger partial charge in [0.05, 0.1) is 0 Å². The van der Waals surface area contributed by atoms with Gasteiger partial charge in [-0.25, -0.2) is 0 Å². The Bertz CT molecular complexity index is 606. The smallest absolute Gasteiger partial charge is 0.0449 e. The minimum absolute atomic E-state index is 0.232. The van der Waals surface area contributed by atoms with Gasteiger partial charge in [-0.15, -0.1) is 0 Å². The third-order valence-corrected chi connectivity index (χ3v) is 4.52. The number of rotatable bonds is 1. The number of nitrogens with two attached hydrogens (primary N) is 1. The van der Waals surface area contributed by atoms with E-state index in [-0.39, 0.29) is 6.04 Å². The van der Waals surface area contributed by atoms with Gasteiger partial charge in [-0.3, -0.25) is 0 Å². The molecule has 2 aromatic rings. The van der Waals surface area contributed by atoms with Crippen LogP contribution in [0, 0.1) is 0 Å². The molecule has 0 aromatic heterocycles. The van der Waals surface area contributed by atoms with E-state index in [4.69, 9.17) is 5.73 Å². The van der Waals surface area contributed by atoms with Crippen LogP contribution in [0.25, 0.3) is 0 Å². The predicted octanol–water partition coefficient (Wildman–Crippen LogP) is 3.72. The Kier molecular flexibility index (Phi) is 2.39. The number of para-hydroxylation sites is 1. The van der Waals surface area contributed by atoms with Crippen LogP contribution in [0.2, 0.25) is 0 Å². The molecule has 2 aliphatic rings. The summed E-state index contributed by atoms with van der Waals surface area (Å²) >= 11 is 0. The van der Waals surface area contributed by atoms with E-state index in [0.29, 0.717) is 5.92 Å². The van der Waals surface area contributed by atoms with Crippen LogP contribution in [0.15, 0.2) is 48.5 Å². The highest BCUT2D eigenvalue weighted by atomic mass is 15.1. The van der Waals surface area contributed by atoms with Crippen LogP contribution in [0.4, 0.5) is 11.4 Å². The van der Waals surface area contributed by atoms with Crippen molar-refractivity contribution in [1.82, 2.24) is 0 Å². The molecular formula is C17H18N2. The van der Waals surface area contributed by atoms with Crippen LogP contribution in [-0.4, -0.2) is 6.54 Å². The standard InChI is InChI=1S/C17H18N2/c18-15-11-12-9-10-19(13-5-2-1-3-6-13)16-8-4-7-14(15)17(12)16/h1-8,12,15H,9-11,18H2. The summed E-state index contributed by atoms with van der Waals surface area (Å²) in [5, 5.41) is 0. The summed E-state index contributed by atoms with van der Waals surface area (Å²) in [7, 11) is 0. The molecule has 19 heavy (non-hydrogen) atoms. The lowest BCUT2D eigenvalue weighted by atomic mass is 9.91. The fraction of sp³-hybridized carbons (Fsp3) is 0.294. The Morgan fingerprint density at radius 2 is 1.84 bits per heavy atom. The van der Waals surface area contributed by atoms with E-state index >= 15 is 0 Å². The van der Waals surface area contributed by atoms with Gasteiger partial charge in [0, 0.05) is 24.0 Å². The van der Waals surface area contributed by atoms with E-state index in [0.717, 1.165) is 13.0 Å². The van der Waals surface area contributed by atoms with Crippen LogP contribution >= 0.6 is 0 Å². The second-order valence-electron chi connectivity index (χ2n) is 5.60. The van der Waals surface area contributed by atoms with Crippen LogP contribution in [0.5, 0.6) is 0 Å². The number of nitrogens with zero attached hydrogens (tertiary/aromatic N) is 1. The maximum absolute atomic E-state index is 6.27. The van der Waals surface area contributed by atoms with Gasteiger partial charge < -0.3 is 10.6 Å². The normalized spacial score (nSPS) is 24.4. The Hall–Kier alpha value is -1.80. The molecule has 96 valence electrons. The Labute approximate surface area is 113 Å². The molecule has 2 nitrogen and oxygen atoms in total. The quantitative estimate of drug-likeness (QED) is 0.836. The van der Waals surface area contributed by atoms with Crippen molar-refractivity contribution in [2.75, 3.05) is 11.4 Å². The molecule has 0 bridgehead atoms. The Morgan fingerprint density at radius 1 is 1.00 bits per heavy atom. The van der Waals surface area contributed by atoms with Crippen molar-refractivity contribution in [2.45, 2.75) is 24.8 Å². The van der Waals surface area contributed by atoms with Gasteiger partial charge in [-0.1, -0.05) is 30.3 Å². The summed E-state index contributed by atoms with van der Waals surface area (Å²) in [5.41, 5.74) is 11.8. The van der Waals surface area contributed by atoms with Crippen molar-refractivity contribution < 1.29 is 0 Å². The molecule has 1 aliphatic heterocycles. The largest absolute Gasteiger partial charge is 0.341 e. The molecule has 0 saturated carbocycles. The fourth-order valence-corrected chi connectivity index (χ4v) is 3.67. The van der Waals surface area contributed by atoms with Crippen molar-refractivity contribution in [3.8, 4) is 0 Å². The zero-order valence-electron chi connectivity index (χ0n) is 10.9. The molecule has 0 radical (unpaired) electrons. The Balaban J connectivity index is 1.86. The topological polar surface area (TPSA) is 29.3 Å². The molecule has 2 aromatic carbocycles. The summed E-state index contributed by atoms with van der Waals surface area (Å²) in [6, 6.07) is 17.5. The maximum atomic E-state index is 6.27. The highest BCUT2D eigenvalue weighted by molar-refractivity contribution is 5.71. The monoisotopic (exact) mass is 250 g/mol. The lowest BCUT2D eigenvalue weighted by molar-refractivity contribution is 0.557. The molecule has 0 saturated heterocycles. The van der Waals surface area contributed by atoms with Crippen LogP contribution in [-0.2, 0) is 0 Å². The number of hydrogen-bond acceptors (Lipinski definition) is 2. The lowest BCUT2D eigenvalue weighted by Gasteiger charge is -2.34. The zero-order valence-corrected chi connectivity index (χ0v) is 10.9. The second kappa shape index (κ2) is 4.10. The zero-order chi connectivity index (χ0) is 12.8. The van der Waals surface area contributed by atoms with E-state index in [1.54, 1.807) is 0 Å². The molecule has 1 heterocycles. The van der Waals surface area contributed by atoms with Gasteiger partial charge in [0.2, 0.25) is 0 Å². The van der Waals surface area contributed by atoms with Crippen molar-refractivity contribution >= 4 is 11.4 Å².